The van der Waals surface area contributed by atoms with Crippen LogP contribution in [0.4, 0.5) is 11.6 Å². The zero-order chi connectivity index (χ0) is 21.8. The molecule has 168 valence electrons. The first-order valence-electron chi connectivity index (χ1n) is 11.2. The lowest BCUT2D eigenvalue weighted by atomic mass is 9.93. The van der Waals surface area contributed by atoms with E-state index in [0.717, 1.165) is 61.3 Å². The minimum Gasteiger partial charge on any atom is -0.480 e. The van der Waals surface area contributed by atoms with Crippen molar-refractivity contribution in [2.24, 2.45) is 0 Å². The molecule has 2 fully saturated rings. The van der Waals surface area contributed by atoms with E-state index < -0.39 is 0 Å². The van der Waals surface area contributed by atoms with Gasteiger partial charge >= 0.3 is 0 Å². The van der Waals surface area contributed by atoms with Crippen LogP contribution in [0.15, 0.2) is 36.5 Å². The van der Waals surface area contributed by atoms with Crippen molar-refractivity contribution >= 4 is 22.5 Å². The van der Waals surface area contributed by atoms with Crippen molar-refractivity contribution in [2.75, 3.05) is 43.6 Å². The molecule has 1 saturated carbocycles. The second-order valence-corrected chi connectivity index (χ2v) is 8.15. The summed E-state index contributed by atoms with van der Waals surface area (Å²) in [4.78, 5) is 11.7. The molecule has 0 bridgehead atoms. The molecule has 9 heteroatoms. The van der Waals surface area contributed by atoms with Gasteiger partial charge in [0.15, 0.2) is 0 Å². The van der Waals surface area contributed by atoms with Crippen LogP contribution in [0.3, 0.4) is 0 Å². The van der Waals surface area contributed by atoms with E-state index in [1.165, 1.54) is 0 Å². The number of ether oxygens (including phenoxy) is 3. The van der Waals surface area contributed by atoms with E-state index in [2.05, 4.69) is 25.4 Å². The molecule has 1 saturated heterocycles. The molecule has 32 heavy (non-hydrogen) atoms. The molecule has 9 nitrogen and oxygen atoms in total. The van der Waals surface area contributed by atoms with Crippen LogP contribution < -0.4 is 19.7 Å². The van der Waals surface area contributed by atoms with Crippen LogP contribution in [0.25, 0.3) is 10.9 Å². The zero-order valence-electron chi connectivity index (χ0n) is 18.2. The lowest BCUT2D eigenvalue weighted by Gasteiger charge is -2.31. The molecule has 0 atom stereocenters. The molecule has 2 aliphatic rings. The van der Waals surface area contributed by atoms with Gasteiger partial charge in [-0.3, -0.25) is 4.98 Å². The number of anilines is 2. The Hall–Kier alpha value is -3.20. The average molecular weight is 437 g/mol. The number of nitrogens with one attached hydrogen (secondary N) is 1. The Morgan fingerprint density at radius 3 is 2.66 bits per heavy atom. The SMILES string of the molecule is COc1ccc(NC2CCC(Oc3nc(N4CCOCC4)cc4ncccc34)CC2)nn1. The second-order valence-electron chi connectivity index (χ2n) is 8.15. The van der Waals surface area contributed by atoms with E-state index >= 15 is 0 Å². The number of aromatic nitrogens is 4. The maximum atomic E-state index is 6.45. The Morgan fingerprint density at radius 1 is 1.06 bits per heavy atom. The monoisotopic (exact) mass is 436 g/mol. The van der Waals surface area contributed by atoms with E-state index in [-0.39, 0.29) is 6.10 Å². The highest BCUT2D eigenvalue weighted by atomic mass is 16.5. The van der Waals surface area contributed by atoms with E-state index in [0.29, 0.717) is 31.0 Å². The van der Waals surface area contributed by atoms with Crippen molar-refractivity contribution in [3.8, 4) is 11.8 Å². The van der Waals surface area contributed by atoms with Gasteiger partial charge in [0, 0.05) is 37.5 Å². The maximum absolute atomic E-state index is 6.45. The van der Waals surface area contributed by atoms with Gasteiger partial charge in [0.25, 0.3) is 0 Å². The van der Waals surface area contributed by atoms with Crippen molar-refractivity contribution < 1.29 is 14.2 Å². The average Bonchev–Trinajstić information content (AvgIpc) is 2.86. The normalized spacial score (nSPS) is 21.3. The van der Waals surface area contributed by atoms with Gasteiger partial charge < -0.3 is 24.4 Å². The molecule has 1 aliphatic carbocycles. The van der Waals surface area contributed by atoms with Crippen LogP contribution in [0.5, 0.6) is 11.8 Å². The summed E-state index contributed by atoms with van der Waals surface area (Å²) >= 11 is 0. The van der Waals surface area contributed by atoms with Gasteiger partial charge in [0.2, 0.25) is 11.8 Å². The third kappa shape index (κ3) is 4.67. The summed E-state index contributed by atoms with van der Waals surface area (Å²) in [6.07, 6.45) is 5.84. The highest BCUT2D eigenvalue weighted by Gasteiger charge is 2.25. The molecule has 1 aliphatic heterocycles. The summed E-state index contributed by atoms with van der Waals surface area (Å²) in [5.74, 6) is 2.87. The minimum absolute atomic E-state index is 0.130. The van der Waals surface area contributed by atoms with Gasteiger partial charge in [0.1, 0.15) is 17.7 Å². The van der Waals surface area contributed by atoms with Crippen LogP contribution >= 0.6 is 0 Å². The summed E-state index contributed by atoms with van der Waals surface area (Å²) in [6, 6.07) is 10.1. The Labute approximate surface area is 187 Å². The number of morpholine rings is 1. The van der Waals surface area contributed by atoms with Gasteiger partial charge in [-0.2, -0.15) is 4.98 Å². The fourth-order valence-electron chi connectivity index (χ4n) is 4.27. The van der Waals surface area contributed by atoms with E-state index in [4.69, 9.17) is 19.2 Å². The Morgan fingerprint density at radius 2 is 1.91 bits per heavy atom. The summed E-state index contributed by atoms with van der Waals surface area (Å²) in [6.45, 7) is 3.09. The minimum atomic E-state index is 0.130. The molecular weight excluding hydrogens is 408 g/mol. The number of nitrogens with zero attached hydrogens (tertiary/aromatic N) is 5. The van der Waals surface area contributed by atoms with Crippen LogP contribution in [0, 0.1) is 0 Å². The molecule has 0 radical (unpaired) electrons. The summed E-state index contributed by atoms with van der Waals surface area (Å²) < 4.78 is 17.0. The molecule has 0 aromatic carbocycles. The first-order valence-corrected chi connectivity index (χ1v) is 11.2. The van der Waals surface area contributed by atoms with Crippen molar-refractivity contribution in [1.29, 1.82) is 0 Å². The molecule has 0 spiro atoms. The maximum Gasteiger partial charge on any atom is 0.233 e. The van der Waals surface area contributed by atoms with Gasteiger partial charge in [-0.25, -0.2) is 0 Å². The number of methoxy groups -OCH3 is 1. The molecule has 0 unspecified atom stereocenters. The molecular formula is C23H28N6O3. The number of pyridine rings is 2. The summed E-state index contributed by atoms with van der Waals surface area (Å²) in [5.41, 5.74) is 0.910. The van der Waals surface area contributed by atoms with Crippen LogP contribution in [0.2, 0.25) is 0 Å². The molecule has 3 aromatic heterocycles. The summed E-state index contributed by atoms with van der Waals surface area (Å²) in [7, 11) is 1.59. The third-order valence-electron chi connectivity index (χ3n) is 6.04. The first kappa shape index (κ1) is 20.7. The number of hydrogen-bond donors (Lipinski definition) is 1. The predicted octanol–water partition coefficient (Wildman–Crippen LogP) is 3.07. The van der Waals surface area contributed by atoms with Crippen LogP contribution in [-0.4, -0.2) is 65.7 Å². The number of hydrogen-bond acceptors (Lipinski definition) is 9. The van der Waals surface area contributed by atoms with E-state index in [1.807, 2.05) is 36.5 Å². The summed E-state index contributed by atoms with van der Waals surface area (Å²) in [5, 5.41) is 12.6. The highest BCUT2D eigenvalue weighted by Crippen LogP contribution is 2.31. The fourth-order valence-corrected chi connectivity index (χ4v) is 4.27. The largest absolute Gasteiger partial charge is 0.480 e. The Balaban J connectivity index is 1.25. The Kier molecular flexibility index (Phi) is 6.15. The fraction of sp³-hybridized carbons (Fsp3) is 0.478. The highest BCUT2D eigenvalue weighted by molar-refractivity contribution is 5.85. The molecule has 4 heterocycles. The lowest BCUT2D eigenvalue weighted by molar-refractivity contribution is 0.122. The van der Waals surface area contributed by atoms with Crippen molar-refractivity contribution in [3.05, 3.63) is 36.5 Å². The van der Waals surface area contributed by atoms with E-state index in [1.54, 1.807) is 7.11 Å². The second kappa shape index (κ2) is 9.52. The third-order valence-corrected chi connectivity index (χ3v) is 6.04. The van der Waals surface area contributed by atoms with E-state index in [9.17, 15) is 0 Å². The van der Waals surface area contributed by atoms with Gasteiger partial charge in [-0.1, -0.05) is 0 Å². The van der Waals surface area contributed by atoms with Gasteiger partial charge in [0.05, 0.1) is 31.2 Å². The molecule has 5 rings (SSSR count). The predicted molar refractivity (Wildman–Crippen MR) is 121 cm³/mol. The van der Waals surface area contributed by atoms with Gasteiger partial charge in [-0.05, 0) is 43.9 Å². The molecule has 3 aromatic rings. The zero-order valence-corrected chi connectivity index (χ0v) is 18.2. The quantitative estimate of drug-likeness (QED) is 0.625. The van der Waals surface area contributed by atoms with Crippen molar-refractivity contribution in [3.63, 3.8) is 0 Å². The lowest BCUT2D eigenvalue weighted by Crippen LogP contribution is -2.37. The van der Waals surface area contributed by atoms with Crippen molar-refractivity contribution in [2.45, 2.75) is 37.8 Å². The number of fused-ring (bicyclic) bond motifs is 1. The van der Waals surface area contributed by atoms with Crippen molar-refractivity contribution in [1.82, 2.24) is 20.2 Å². The smallest absolute Gasteiger partial charge is 0.233 e. The topological polar surface area (TPSA) is 94.5 Å². The molecule has 0 amide bonds. The van der Waals surface area contributed by atoms with Gasteiger partial charge in [-0.15, -0.1) is 10.2 Å². The Bertz CT molecular complexity index is 1030. The number of rotatable bonds is 6. The first-order chi connectivity index (χ1) is 15.8. The standard InChI is InChI=1S/C23H28N6O3/c1-30-22-9-8-20(27-28-22)25-16-4-6-17(7-5-16)32-23-18-3-2-10-24-19(18)15-21(26-23)29-11-13-31-14-12-29/h2-3,8-10,15-17H,4-7,11-14H2,1H3,(H,25,27). The van der Waals surface area contributed by atoms with Crippen LogP contribution in [-0.2, 0) is 4.74 Å². The van der Waals surface area contributed by atoms with Crippen LogP contribution in [0.1, 0.15) is 25.7 Å². The molecule has 1 N–H and O–H groups in total.